The first kappa shape index (κ1) is 30.2. The SMILES string of the molecule is Cc1ccc(-c2c(C(=O)OCCC(c3ccccc3)c3ccccc3)c(C)nc(C)c2C(=O)N2CCN(C)CC2)c(C)c1. The maximum atomic E-state index is 14.1. The second-order valence-corrected chi connectivity index (χ2v) is 11.6. The maximum Gasteiger partial charge on any atom is 0.340 e. The third-order valence-electron chi connectivity index (χ3n) is 8.46. The summed E-state index contributed by atoms with van der Waals surface area (Å²) < 4.78 is 6.03. The molecule has 1 amide bonds. The normalized spacial score (nSPS) is 13.8. The molecule has 0 radical (unpaired) electrons. The van der Waals surface area contributed by atoms with Crippen molar-refractivity contribution in [3.63, 3.8) is 0 Å². The number of carbonyl (C=O) groups is 2. The van der Waals surface area contributed by atoms with Crippen LogP contribution in [0.15, 0.2) is 78.9 Å². The van der Waals surface area contributed by atoms with Crippen LogP contribution in [-0.2, 0) is 4.74 Å². The number of ether oxygens (including phenoxy) is 1. The van der Waals surface area contributed by atoms with Gasteiger partial charge in [0.15, 0.2) is 0 Å². The summed E-state index contributed by atoms with van der Waals surface area (Å²) in [7, 11) is 2.07. The van der Waals surface area contributed by atoms with E-state index in [9.17, 15) is 9.59 Å². The first-order valence-corrected chi connectivity index (χ1v) is 15.1. The van der Waals surface area contributed by atoms with Crippen LogP contribution in [0.3, 0.4) is 0 Å². The molecule has 0 atom stereocenters. The van der Waals surface area contributed by atoms with Gasteiger partial charge >= 0.3 is 5.97 Å². The zero-order chi connectivity index (χ0) is 30.5. The molecule has 1 aliphatic rings. The molecule has 1 aliphatic heterocycles. The Morgan fingerprint density at radius 2 is 1.37 bits per heavy atom. The van der Waals surface area contributed by atoms with Gasteiger partial charge in [0.25, 0.3) is 5.91 Å². The number of benzene rings is 3. The molecule has 0 spiro atoms. The highest BCUT2D eigenvalue weighted by Crippen LogP contribution is 2.36. The van der Waals surface area contributed by atoms with Gasteiger partial charge in [-0.1, -0.05) is 84.4 Å². The number of nitrogens with zero attached hydrogens (tertiary/aromatic N) is 3. The van der Waals surface area contributed by atoms with Crippen molar-refractivity contribution in [3.8, 4) is 11.1 Å². The number of aryl methyl sites for hydroxylation is 4. The number of rotatable bonds is 8. The van der Waals surface area contributed by atoms with E-state index in [1.54, 1.807) is 0 Å². The molecule has 0 saturated carbocycles. The van der Waals surface area contributed by atoms with Crippen LogP contribution in [0.25, 0.3) is 11.1 Å². The van der Waals surface area contributed by atoms with Crippen molar-refractivity contribution in [1.29, 1.82) is 0 Å². The Kier molecular flexibility index (Phi) is 9.37. The molecule has 0 aliphatic carbocycles. The smallest absolute Gasteiger partial charge is 0.340 e. The predicted octanol–water partition coefficient (Wildman–Crippen LogP) is 6.75. The molecule has 5 rings (SSSR count). The third kappa shape index (κ3) is 6.70. The van der Waals surface area contributed by atoms with Crippen LogP contribution in [0.1, 0.15) is 66.7 Å². The van der Waals surface area contributed by atoms with E-state index in [2.05, 4.69) is 42.3 Å². The molecule has 3 aromatic carbocycles. The van der Waals surface area contributed by atoms with Gasteiger partial charge in [0, 0.05) is 37.7 Å². The average Bonchev–Trinajstić information content (AvgIpc) is 3.00. The van der Waals surface area contributed by atoms with Gasteiger partial charge in [-0.3, -0.25) is 9.78 Å². The first-order chi connectivity index (χ1) is 20.7. The summed E-state index contributed by atoms with van der Waals surface area (Å²) in [4.78, 5) is 37.0. The van der Waals surface area contributed by atoms with E-state index in [1.807, 2.05) is 81.1 Å². The van der Waals surface area contributed by atoms with Crippen LogP contribution < -0.4 is 0 Å². The van der Waals surface area contributed by atoms with Gasteiger partial charge in [-0.25, -0.2) is 4.79 Å². The zero-order valence-electron chi connectivity index (χ0n) is 25.9. The highest BCUT2D eigenvalue weighted by atomic mass is 16.5. The second-order valence-electron chi connectivity index (χ2n) is 11.6. The van der Waals surface area contributed by atoms with E-state index < -0.39 is 5.97 Å². The fourth-order valence-electron chi connectivity index (χ4n) is 6.13. The minimum absolute atomic E-state index is 0.0839. The summed E-state index contributed by atoms with van der Waals surface area (Å²) in [5.41, 5.74) is 7.99. The third-order valence-corrected chi connectivity index (χ3v) is 8.46. The fraction of sp³-hybridized carbons (Fsp3) is 0.324. The van der Waals surface area contributed by atoms with Crippen molar-refractivity contribution in [2.45, 2.75) is 40.0 Å². The molecule has 2 heterocycles. The number of pyridine rings is 1. The summed E-state index contributed by atoms with van der Waals surface area (Å²) >= 11 is 0. The molecule has 4 aromatic rings. The Balaban J connectivity index is 1.51. The molecule has 0 N–H and O–H groups in total. The van der Waals surface area contributed by atoms with E-state index >= 15 is 0 Å². The number of carbonyl (C=O) groups excluding carboxylic acids is 2. The van der Waals surface area contributed by atoms with Gasteiger partial charge in [-0.15, -0.1) is 0 Å². The second kappa shape index (κ2) is 13.3. The summed E-state index contributed by atoms with van der Waals surface area (Å²) in [6.07, 6.45) is 0.629. The lowest BCUT2D eigenvalue weighted by Gasteiger charge is -2.33. The Bertz CT molecular complexity index is 1550. The molecular formula is C37H41N3O3. The van der Waals surface area contributed by atoms with Gasteiger partial charge in [0.2, 0.25) is 0 Å². The standard InChI is InChI=1S/C37H41N3O3/c1-25-16-17-31(26(2)24-25)35-33(36(41)40-21-19-39(5)20-22-40)27(3)38-28(4)34(35)37(42)43-23-18-32(29-12-8-6-9-13-29)30-14-10-7-11-15-30/h6-17,24,32H,18-23H2,1-5H3. The van der Waals surface area contributed by atoms with Crippen molar-refractivity contribution in [2.24, 2.45) is 0 Å². The molecule has 43 heavy (non-hydrogen) atoms. The molecule has 1 fully saturated rings. The van der Waals surface area contributed by atoms with Crippen molar-refractivity contribution in [1.82, 2.24) is 14.8 Å². The quantitative estimate of drug-likeness (QED) is 0.218. The van der Waals surface area contributed by atoms with E-state index in [0.29, 0.717) is 47.6 Å². The summed E-state index contributed by atoms with van der Waals surface area (Å²) in [6, 6.07) is 26.7. The van der Waals surface area contributed by atoms with Crippen LogP contribution in [0, 0.1) is 27.7 Å². The van der Waals surface area contributed by atoms with Crippen LogP contribution in [0.5, 0.6) is 0 Å². The topological polar surface area (TPSA) is 62.7 Å². The van der Waals surface area contributed by atoms with E-state index in [1.165, 1.54) is 11.1 Å². The zero-order valence-corrected chi connectivity index (χ0v) is 25.9. The predicted molar refractivity (Wildman–Crippen MR) is 172 cm³/mol. The molecule has 6 nitrogen and oxygen atoms in total. The van der Waals surface area contributed by atoms with Crippen molar-refractivity contribution in [2.75, 3.05) is 39.8 Å². The number of hydrogen-bond acceptors (Lipinski definition) is 5. The number of hydrogen-bond donors (Lipinski definition) is 0. The lowest BCUT2D eigenvalue weighted by molar-refractivity contribution is 0.0495. The monoisotopic (exact) mass is 575 g/mol. The highest BCUT2D eigenvalue weighted by molar-refractivity contribution is 6.09. The number of amides is 1. The van der Waals surface area contributed by atoms with Gasteiger partial charge in [0.1, 0.15) is 0 Å². The number of esters is 1. The molecule has 6 heteroatoms. The molecular weight excluding hydrogens is 534 g/mol. The lowest BCUT2D eigenvalue weighted by Crippen LogP contribution is -2.47. The minimum atomic E-state index is -0.452. The largest absolute Gasteiger partial charge is 0.462 e. The van der Waals surface area contributed by atoms with Crippen LogP contribution >= 0.6 is 0 Å². The van der Waals surface area contributed by atoms with Crippen LogP contribution in [-0.4, -0.2) is 66.5 Å². The fourth-order valence-corrected chi connectivity index (χ4v) is 6.13. The number of piperazine rings is 1. The van der Waals surface area contributed by atoms with E-state index in [-0.39, 0.29) is 18.4 Å². The summed E-state index contributed by atoms with van der Waals surface area (Å²) in [5, 5.41) is 0. The van der Waals surface area contributed by atoms with Gasteiger partial charge < -0.3 is 14.5 Å². The summed E-state index contributed by atoms with van der Waals surface area (Å²) in [6.45, 7) is 10.9. The molecule has 1 saturated heterocycles. The molecule has 0 bridgehead atoms. The van der Waals surface area contributed by atoms with Gasteiger partial charge in [-0.2, -0.15) is 0 Å². The maximum absolute atomic E-state index is 14.1. The summed E-state index contributed by atoms with van der Waals surface area (Å²) in [5.74, 6) is -0.455. The van der Waals surface area contributed by atoms with Gasteiger partial charge in [-0.05, 0) is 63.4 Å². The van der Waals surface area contributed by atoms with E-state index in [0.717, 1.165) is 29.8 Å². The number of likely N-dealkylation sites (N-methyl/N-ethyl adjacent to an activating group) is 1. The van der Waals surface area contributed by atoms with Crippen LogP contribution in [0.4, 0.5) is 0 Å². The van der Waals surface area contributed by atoms with Crippen molar-refractivity contribution >= 4 is 11.9 Å². The minimum Gasteiger partial charge on any atom is -0.462 e. The number of aromatic nitrogens is 1. The molecule has 1 aromatic heterocycles. The Hall–Kier alpha value is -4.29. The van der Waals surface area contributed by atoms with E-state index in [4.69, 9.17) is 9.72 Å². The lowest BCUT2D eigenvalue weighted by atomic mass is 9.88. The Morgan fingerprint density at radius 3 is 1.95 bits per heavy atom. The average molecular weight is 576 g/mol. The first-order valence-electron chi connectivity index (χ1n) is 15.1. The molecule has 0 unspecified atom stereocenters. The van der Waals surface area contributed by atoms with Crippen LogP contribution in [0.2, 0.25) is 0 Å². The molecule has 222 valence electrons. The van der Waals surface area contributed by atoms with Crippen molar-refractivity contribution in [3.05, 3.63) is 124 Å². The highest BCUT2D eigenvalue weighted by Gasteiger charge is 2.31. The Labute approximate surface area is 255 Å². The van der Waals surface area contributed by atoms with Gasteiger partial charge in [0.05, 0.1) is 29.1 Å². The van der Waals surface area contributed by atoms with Crippen molar-refractivity contribution < 1.29 is 14.3 Å². The Morgan fingerprint density at radius 1 is 0.791 bits per heavy atom.